The Bertz CT molecular complexity index is 2070. The van der Waals surface area contributed by atoms with Crippen molar-refractivity contribution < 1.29 is 33.7 Å². The Kier molecular flexibility index (Phi) is 10.1. The number of methoxy groups -OCH3 is 2. The Morgan fingerprint density at radius 1 is 0.946 bits per heavy atom. The Morgan fingerprint density at radius 2 is 1.70 bits per heavy atom. The first-order chi connectivity index (χ1) is 26.7. The fourth-order valence-corrected chi connectivity index (χ4v) is 13.1. The van der Waals surface area contributed by atoms with Gasteiger partial charge in [0.05, 0.1) is 32.3 Å². The molecule has 1 heterocycles. The summed E-state index contributed by atoms with van der Waals surface area (Å²) in [5.74, 6) is 0.390. The fraction of sp³-hybridized carbons (Fsp3) is 0.522. The van der Waals surface area contributed by atoms with Crippen LogP contribution in [0.15, 0.2) is 77.7 Å². The van der Waals surface area contributed by atoms with E-state index in [-0.39, 0.29) is 58.9 Å². The highest BCUT2D eigenvalue weighted by Gasteiger charge is 2.74. The lowest BCUT2D eigenvalue weighted by Crippen LogP contribution is -2.67. The number of halogens is 2. The van der Waals surface area contributed by atoms with Crippen LogP contribution in [0.5, 0.6) is 11.5 Å². The van der Waals surface area contributed by atoms with Gasteiger partial charge in [0.25, 0.3) is 0 Å². The van der Waals surface area contributed by atoms with Crippen LogP contribution in [0.1, 0.15) is 74.8 Å². The highest BCUT2D eigenvalue weighted by Crippen LogP contribution is 2.78. The highest BCUT2D eigenvalue weighted by atomic mass is 35.5. The van der Waals surface area contributed by atoms with Gasteiger partial charge in [-0.05, 0) is 110 Å². The molecule has 2 spiro atoms. The normalized spacial score (nSPS) is 33.9. The van der Waals surface area contributed by atoms with E-state index in [9.17, 15) is 19.8 Å². The number of aliphatic hydroxyl groups excluding tert-OH is 1. The van der Waals surface area contributed by atoms with E-state index in [0.717, 1.165) is 24.8 Å². The van der Waals surface area contributed by atoms with Crippen molar-refractivity contribution >= 4 is 34.6 Å². The lowest BCUT2D eigenvalue weighted by molar-refractivity contribution is -0.180. The zero-order valence-corrected chi connectivity index (χ0v) is 34.4. The number of nitrogens with zero attached hydrogens (tertiary/aromatic N) is 1. The molecular weight excluding hydrogens is 749 g/mol. The number of carbonyl (C=O) groups excluding carboxylic acids is 2. The highest BCUT2D eigenvalue weighted by molar-refractivity contribution is 7.09. The van der Waals surface area contributed by atoms with Crippen LogP contribution in [0.4, 0.5) is 4.39 Å². The molecule has 2 N–H and O–H groups in total. The number of Topliss-reactive ketones (excluding diaryl/α,β-unsaturated/α-hetero) is 1. The second-order valence-corrected chi connectivity index (χ2v) is 19.1. The number of aliphatic hydroxyl groups is 2. The SMILES string of the molecule is COc1ccc(CC(=O)N(CCc2cccs2)C[C@]2(O)CC[C@H]3[C@]45C=C[C@@]6(C=C4C(=O)Cc4c(F)cccc4Cl)CC(O)CC[C@]6(C)[C@H]5CC[C@@]32C)cc1OC. The molecule has 6 aliphatic rings. The minimum atomic E-state index is -1.23. The van der Waals surface area contributed by atoms with E-state index in [0.29, 0.717) is 55.7 Å². The third kappa shape index (κ3) is 6.01. The van der Waals surface area contributed by atoms with Crippen molar-refractivity contribution in [2.24, 2.45) is 33.5 Å². The summed E-state index contributed by atoms with van der Waals surface area (Å²) in [5.41, 5.74) is -1.61. The number of carbonyl (C=O) groups is 2. The largest absolute Gasteiger partial charge is 0.493 e. The molecule has 3 saturated carbocycles. The van der Waals surface area contributed by atoms with Gasteiger partial charge in [0.15, 0.2) is 17.3 Å². The number of hydrogen-bond donors (Lipinski definition) is 2. The maximum Gasteiger partial charge on any atom is 0.227 e. The predicted molar refractivity (Wildman–Crippen MR) is 217 cm³/mol. The molecule has 7 nitrogen and oxygen atoms in total. The van der Waals surface area contributed by atoms with Crippen molar-refractivity contribution in [1.29, 1.82) is 0 Å². The Morgan fingerprint density at radius 3 is 2.43 bits per heavy atom. The van der Waals surface area contributed by atoms with Crippen LogP contribution < -0.4 is 9.47 Å². The number of benzene rings is 2. The first kappa shape index (κ1) is 39.3. The van der Waals surface area contributed by atoms with Crippen molar-refractivity contribution in [3.63, 3.8) is 0 Å². The molecule has 1 unspecified atom stereocenters. The number of ether oxygens (including phenoxy) is 2. The van der Waals surface area contributed by atoms with Gasteiger partial charge in [0.1, 0.15) is 5.82 Å². The molecule has 1 aromatic heterocycles. The molecule has 0 aliphatic heterocycles. The monoisotopic (exact) mass is 801 g/mol. The molecule has 56 heavy (non-hydrogen) atoms. The maximum atomic E-state index is 15.2. The molecule has 3 aromatic rings. The molecule has 0 radical (unpaired) electrons. The lowest BCUT2D eigenvalue weighted by Gasteiger charge is -2.71. The zero-order chi connectivity index (χ0) is 39.7. The van der Waals surface area contributed by atoms with E-state index in [1.807, 2.05) is 34.5 Å². The quantitative estimate of drug-likeness (QED) is 0.178. The van der Waals surface area contributed by atoms with Crippen molar-refractivity contribution in [3.8, 4) is 11.5 Å². The van der Waals surface area contributed by atoms with Gasteiger partial charge in [0.2, 0.25) is 5.91 Å². The number of amides is 1. The summed E-state index contributed by atoms with van der Waals surface area (Å²) >= 11 is 8.16. The maximum absolute atomic E-state index is 15.2. The summed E-state index contributed by atoms with van der Waals surface area (Å²) in [4.78, 5) is 32.2. The molecule has 1 amide bonds. The van der Waals surface area contributed by atoms with Crippen LogP contribution in [0.3, 0.4) is 0 Å². The van der Waals surface area contributed by atoms with Crippen LogP contribution in [-0.4, -0.2) is 65.8 Å². The molecule has 0 saturated heterocycles. The fourth-order valence-electron chi connectivity index (χ4n) is 12.2. The van der Waals surface area contributed by atoms with E-state index in [2.05, 4.69) is 38.1 Å². The van der Waals surface area contributed by atoms with E-state index in [4.69, 9.17) is 21.1 Å². The van der Waals surface area contributed by atoms with Gasteiger partial charge in [-0.1, -0.05) is 61.9 Å². The average molecular weight is 802 g/mol. The summed E-state index contributed by atoms with van der Waals surface area (Å²) in [5, 5.41) is 26.5. The molecule has 6 aliphatic carbocycles. The van der Waals surface area contributed by atoms with Gasteiger partial charge in [0, 0.05) is 56.8 Å². The number of hydrogen-bond acceptors (Lipinski definition) is 7. The minimum Gasteiger partial charge on any atom is -0.493 e. The number of rotatable bonds is 12. The summed E-state index contributed by atoms with van der Waals surface area (Å²) in [6.45, 7) is 5.15. The topological polar surface area (TPSA) is 96.3 Å². The van der Waals surface area contributed by atoms with Gasteiger partial charge in [-0.3, -0.25) is 9.59 Å². The van der Waals surface area contributed by atoms with Crippen LogP contribution in [-0.2, 0) is 28.9 Å². The number of ketones is 1. The molecule has 298 valence electrons. The van der Waals surface area contributed by atoms with Crippen molar-refractivity contribution in [1.82, 2.24) is 4.90 Å². The lowest BCUT2D eigenvalue weighted by atomic mass is 9.32. The molecular formula is C46H53ClFNO6S. The molecule has 2 bridgehead atoms. The van der Waals surface area contributed by atoms with Crippen molar-refractivity contribution in [2.45, 2.75) is 89.8 Å². The van der Waals surface area contributed by atoms with Crippen molar-refractivity contribution in [2.75, 3.05) is 27.3 Å². The van der Waals surface area contributed by atoms with Gasteiger partial charge in [-0.25, -0.2) is 4.39 Å². The van der Waals surface area contributed by atoms with Crippen molar-refractivity contribution in [3.05, 3.63) is 105 Å². The smallest absolute Gasteiger partial charge is 0.227 e. The second kappa shape index (κ2) is 14.4. The van der Waals surface area contributed by atoms with Gasteiger partial charge < -0.3 is 24.6 Å². The third-order valence-electron chi connectivity index (χ3n) is 15.2. The summed E-state index contributed by atoms with van der Waals surface area (Å²) in [6, 6.07) is 14.1. The number of allylic oxidation sites excluding steroid dienone is 4. The molecule has 10 heteroatoms. The molecule has 2 aromatic carbocycles. The molecule has 8 atom stereocenters. The van der Waals surface area contributed by atoms with E-state index < -0.39 is 33.8 Å². The third-order valence-corrected chi connectivity index (χ3v) is 16.5. The number of fused-ring (bicyclic) bond motifs is 1. The molecule has 3 fully saturated rings. The first-order valence-electron chi connectivity index (χ1n) is 20.0. The summed E-state index contributed by atoms with van der Waals surface area (Å²) in [7, 11) is 3.16. The van der Waals surface area contributed by atoms with Crippen LogP contribution in [0, 0.1) is 39.3 Å². The number of thiophene rings is 1. The Hall–Kier alpha value is -3.50. The minimum absolute atomic E-state index is 0.0769. The Balaban J connectivity index is 1.15. The summed E-state index contributed by atoms with van der Waals surface area (Å²) in [6.07, 6.45) is 11.6. The molecule has 9 rings (SSSR count). The zero-order valence-electron chi connectivity index (χ0n) is 32.8. The standard InChI is InChI=1S/C46H53ClFNO6S/c1-42-16-12-30(50)26-44(42)19-20-46(33(27-44)36(51)25-32-34(47)8-5-9-35(32)48)39(42)13-17-43(2)40(46)14-18-45(43,53)28-49(21-15-31-7-6-22-56-31)41(52)24-29-10-11-37(54-3)38(23-29)55-4/h5-11,19-20,22-23,27,30,39-40,50,53H,12-18,21,24-26,28H2,1-4H3/t30?,39-,40-,42-,43+,44+,45-,46-/m1/s1. The summed E-state index contributed by atoms with van der Waals surface area (Å²) < 4.78 is 26.2. The van der Waals surface area contributed by atoms with E-state index >= 15 is 4.39 Å². The van der Waals surface area contributed by atoms with Gasteiger partial charge in [-0.2, -0.15) is 0 Å². The van der Waals surface area contributed by atoms with E-state index in [1.54, 1.807) is 37.7 Å². The van der Waals surface area contributed by atoms with E-state index in [1.165, 1.54) is 10.9 Å². The van der Waals surface area contributed by atoms with Gasteiger partial charge in [-0.15, -0.1) is 11.3 Å². The Labute approximate surface area is 338 Å². The van der Waals surface area contributed by atoms with Crippen LogP contribution >= 0.6 is 22.9 Å². The average Bonchev–Trinajstić information content (AvgIpc) is 3.80. The predicted octanol–water partition coefficient (Wildman–Crippen LogP) is 8.57. The first-order valence-corrected chi connectivity index (χ1v) is 21.3. The van der Waals surface area contributed by atoms with Crippen LogP contribution in [0.2, 0.25) is 5.02 Å². The second-order valence-electron chi connectivity index (χ2n) is 17.6. The van der Waals surface area contributed by atoms with Crippen LogP contribution in [0.25, 0.3) is 0 Å². The van der Waals surface area contributed by atoms with Gasteiger partial charge >= 0.3 is 0 Å².